The van der Waals surface area contributed by atoms with Crippen LogP contribution in [0.4, 0.5) is 32.0 Å². The van der Waals surface area contributed by atoms with E-state index >= 15 is 0 Å². The molecule has 1 heterocycles. The Labute approximate surface area is 197 Å². The second-order valence-electron chi connectivity index (χ2n) is 8.12. The highest BCUT2D eigenvalue weighted by atomic mass is 32.2. The Morgan fingerprint density at radius 2 is 1.63 bits per heavy atom. The molecule has 6 nitrogen and oxygen atoms in total. The smallest absolute Gasteiger partial charge is 0.416 e. The second kappa shape index (κ2) is 9.69. The molecule has 0 spiro atoms. The average molecular weight is 524 g/mol. The van der Waals surface area contributed by atoms with Crippen LogP contribution >= 0.6 is 0 Å². The molecule has 1 fully saturated rings. The summed E-state index contributed by atoms with van der Waals surface area (Å²) in [6.07, 6.45) is -9.63. The van der Waals surface area contributed by atoms with Crippen LogP contribution in [0.3, 0.4) is 0 Å². The van der Waals surface area contributed by atoms with Gasteiger partial charge in [-0.05, 0) is 61.7 Å². The molecule has 1 saturated heterocycles. The van der Waals surface area contributed by atoms with Crippen molar-refractivity contribution in [2.45, 2.75) is 37.0 Å². The lowest BCUT2D eigenvalue weighted by Crippen LogP contribution is -2.43. The van der Waals surface area contributed by atoms with Crippen LogP contribution in [-0.4, -0.2) is 38.8 Å². The Morgan fingerprint density at radius 1 is 1.03 bits per heavy atom. The first-order chi connectivity index (χ1) is 16.1. The summed E-state index contributed by atoms with van der Waals surface area (Å²) in [5.74, 6) is -1.36. The number of hydrogen-bond donors (Lipinski definition) is 1. The minimum Gasteiger partial charge on any atom is -0.496 e. The third-order valence-corrected chi connectivity index (χ3v) is 7.48. The van der Waals surface area contributed by atoms with Gasteiger partial charge in [-0.3, -0.25) is 4.79 Å². The SMILES string of the molecule is COc1ccc(S(=O)(=O)N2CCCC(C(=O)Nc3cc(C(F)(F)F)cc(C(F)(F)F)c3)C2)cc1C. The monoisotopic (exact) mass is 524 g/mol. The first kappa shape index (κ1) is 26.8. The molecule has 1 amide bonds. The molecule has 0 aromatic heterocycles. The lowest BCUT2D eigenvalue weighted by molar-refractivity contribution is -0.143. The van der Waals surface area contributed by atoms with E-state index in [1.54, 1.807) is 6.92 Å². The topological polar surface area (TPSA) is 75.7 Å². The van der Waals surface area contributed by atoms with Crippen molar-refractivity contribution in [1.82, 2.24) is 4.31 Å². The Balaban J connectivity index is 1.82. The number of anilines is 1. The van der Waals surface area contributed by atoms with E-state index in [0.717, 1.165) is 4.31 Å². The van der Waals surface area contributed by atoms with Gasteiger partial charge in [0.1, 0.15) is 5.75 Å². The number of methoxy groups -OCH3 is 1. The minimum atomic E-state index is -5.06. The molecule has 0 radical (unpaired) electrons. The van der Waals surface area contributed by atoms with Gasteiger partial charge in [0.2, 0.25) is 15.9 Å². The van der Waals surface area contributed by atoms with Crippen LogP contribution in [-0.2, 0) is 27.2 Å². The molecule has 35 heavy (non-hydrogen) atoms. The Kier molecular flexibility index (Phi) is 7.42. The van der Waals surface area contributed by atoms with Gasteiger partial charge >= 0.3 is 12.4 Å². The largest absolute Gasteiger partial charge is 0.496 e. The zero-order chi connectivity index (χ0) is 26.2. The van der Waals surface area contributed by atoms with Crippen LogP contribution in [0.1, 0.15) is 29.5 Å². The van der Waals surface area contributed by atoms with E-state index in [1.165, 1.54) is 25.3 Å². The molecule has 2 aromatic carbocycles. The van der Waals surface area contributed by atoms with Gasteiger partial charge in [-0.25, -0.2) is 8.42 Å². The highest BCUT2D eigenvalue weighted by Gasteiger charge is 2.38. The van der Waals surface area contributed by atoms with E-state index in [0.29, 0.717) is 23.4 Å². The lowest BCUT2D eigenvalue weighted by atomic mass is 9.98. The highest BCUT2D eigenvalue weighted by Crippen LogP contribution is 2.38. The maximum atomic E-state index is 13.1. The van der Waals surface area contributed by atoms with Gasteiger partial charge in [-0.15, -0.1) is 0 Å². The minimum absolute atomic E-state index is 0.0236. The molecule has 1 aliphatic rings. The number of piperidine rings is 1. The summed E-state index contributed by atoms with van der Waals surface area (Å²) in [4.78, 5) is 12.7. The molecular formula is C22H22F6N2O4S. The van der Waals surface area contributed by atoms with E-state index in [9.17, 15) is 39.6 Å². The molecule has 1 unspecified atom stereocenters. The lowest BCUT2D eigenvalue weighted by Gasteiger charge is -2.31. The molecule has 0 aliphatic carbocycles. The number of carbonyl (C=O) groups is 1. The molecule has 0 bridgehead atoms. The zero-order valence-corrected chi connectivity index (χ0v) is 19.4. The van der Waals surface area contributed by atoms with E-state index in [2.05, 4.69) is 5.32 Å². The third kappa shape index (κ3) is 6.07. The maximum Gasteiger partial charge on any atom is 0.416 e. The second-order valence-corrected chi connectivity index (χ2v) is 10.1. The first-order valence-electron chi connectivity index (χ1n) is 10.4. The molecule has 1 N–H and O–H groups in total. The number of amides is 1. The van der Waals surface area contributed by atoms with Gasteiger partial charge in [0.25, 0.3) is 0 Å². The number of nitrogens with one attached hydrogen (secondary N) is 1. The molecular weight excluding hydrogens is 502 g/mol. The standard InChI is InChI=1S/C22H22F6N2O4S/c1-13-8-18(5-6-19(13)34-2)35(32,33)30-7-3-4-14(12-30)20(31)29-17-10-15(21(23,24)25)9-16(11-17)22(26,27)28/h5-6,8-11,14H,3-4,7,12H2,1-2H3,(H,29,31). The van der Waals surface area contributed by atoms with E-state index in [4.69, 9.17) is 4.74 Å². The van der Waals surface area contributed by atoms with Crippen molar-refractivity contribution in [1.29, 1.82) is 0 Å². The summed E-state index contributed by atoms with van der Waals surface area (Å²) in [5.41, 5.74) is -3.23. The van der Waals surface area contributed by atoms with E-state index in [1.807, 2.05) is 0 Å². The fraction of sp³-hybridized carbons (Fsp3) is 0.409. The van der Waals surface area contributed by atoms with Gasteiger partial charge in [-0.1, -0.05) is 0 Å². The van der Waals surface area contributed by atoms with Crippen molar-refractivity contribution in [2.24, 2.45) is 5.92 Å². The number of sulfonamides is 1. The number of ether oxygens (including phenoxy) is 1. The van der Waals surface area contributed by atoms with Crippen molar-refractivity contribution >= 4 is 21.6 Å². The molecule has 1 aliphatic heterocycles. The van der Waals surface area contributed by atoms with E-state index in [-0.39, 0.29) is 36.9 Å². The van der Waals surface area contributed by atoms with Crippen molar-refractivity contribution in [3.8, 4) is 5.75 Å². The summed E-state index contributed by atoms with van der Waals surface area (Å²) in [7, 11) is -2.56. The summed E-state index contributed by atoms with van der Waals surface area (Å²) in [6, 6.07) is 5.03. The van der Waals surface area contributed by atoms with Crippen LogP contribution in [0.15, 0.2) is 41.3 Å². The zero-order valence-electron chi connectivity index (χ0n) is 18.6. The van der Waals surface area contributed by atoms with Gasteiger partial charge < -0.3 is 10.1 Å². The number of halogens is 6. The predicted octanol–water partition coefficient (Wildman–Crippen LogP) is 5.08. The fourth-order valence-electron chi connectivity index (χ4n) is 3.81. The number of hydrogen-bond acceptors (Lipinski definition) is 4. The highest BCUT2D eigenvalue weighted by molar-refractivity contribution is 7.89. The van der Waals surface area contributed by atoms with Crippen LogP contribution in [0.25, 0.3) is 0 Å². The van der Waals surface area contributed by atoms with Gasteiger partial charge in [-0.2, -0.15) is 30.6 Å². The van der Waals surface area contributed by atoms with Gasteiger partial charge in [0.05, 0.1) is 29.1 Å². The number of carbonyl (C=O) groups excluding carboxylic acids is 1. The number of rotatable bonds is 5. The Hall–Kier alpha value is -2.80. The molecule has 192 valence electrons. The van der Waals surface area contributed by atoms with Crippen molar-refractivity contribution in [3.05, 3.63) is 53.1 Å². The van der Waals surface area contributed by atoms with Gasteiger partial charge in [0, 0.05) is 18.8 Å². The third-order valence-electron chi connectivity index (χ3n) is 5.61. The first-order valence-corrected chi connectivity index (χ1v) is 11.8. The maximum absolute atomic E-state index is 13.1. The van der Waals surface area contributed by atoms with Crippen molar-refractivity contribution < 1.29 is 44.3 Å². The Bertz CT molecular complexity index is 1180. The van der Waals surface area contributed by atoms with Gasteiger partial charge in [0.15, 0.2) is 0 Å². The van der Waals surface area contributed by atoms with Crippen molar-refractivity contribution in [3.63, 3.8) is 0 Å². The number of aryl methyl sites for hydroxylation is 1. The molecule has 3 rings (SSSR count). The Morgan fingerprint density at radius 3 is 2.14 bits per heavy atom. The summed E-state index contributed by atoms with van der Waals surface area (Å²) in [5, 5.41) is 2.10. The average Bonchev–Trinajstić information content (AvgIpc) is 2.77. The summed E-state index contributed by atoms with van der Waals surface area (Å²) < 4.78 is 111. The van der Waals surface area contributed by atoms with Crippen LogP contribution in [0, 0.1) is 12.8 Å². The number of benzene rings is 2. The predicted molar refractivity (Wildman–Crippen MR) is 114 cm³/mol. The molecule has 13 heteroatoms. The van der Waals surface area contributed by atoms with Crippen LogP contribution in [0.5, 0.6) is 5.75 Å². The summed E-state index contributed by atoms with van der Waals surface area (Å²) >= 11 is 0. The summed E-state index contributed by atoms with van der Waals surface area (Å²) in [6.45, 7) is 1.50. The van der Waals surface area contributed by atoms with Crippen LogP contribution < -0.4 is 10.1 Å². The normalized spacial score (nSPS) is 17.8. The quantitative estimate of drug-likeness (QED) is 0.554. The molecule has 0 saturated carbocycles. The molecule has 1 atom stereocenters. The van der Waals surface area contributed by atoms with Crippen LogP contribution in [0.2, 0.25) is 0 Å². The van der Waals surface area contributed by atoms with E-state index < -0.39 is 51.0 Å². The van der Waals surface area contributed by atoms with Crippen molar-refractivity contribution in [2.75, 3.05) is 25.5 Å². The number of nitrogens with zero attached hydrogens (tertiary/aromatic N) is 1. The fourth-order valence-corrected chi connectivity index (χ4v) is 5.42. The molecule has 2 aromatic rings. The number of alkyl halides is 6.